The van der Waals surface area contributed by atoms with Crippen molar-refractivity contribution in [3.8, 4) is 11.1 Å². The molecule has 0 atom stereocenters. The number of aryl methyl sites for hydroxylation is 1. The Balaban J connectivity index is 0.00000127. The molecule has 1 N–H and O–H groups in total. The first-order chi connectivity index (χ1) is 10.8. The molecule has 0 spiro atoms. The molecule has 3 nitrogen and oxygen atoms in total. The molecule has 0 aliphatic carbocycles. The highest BCUT2D eigenvalue weighted by atomic mass is 35.5. The van der Waals surface area contributed by atoms with Crippen molar-refractivity contribution in [2.45, 2.75) is 41.5 Å². The summed E-state index contributed by atoms with van der Waals surface area (Å²) in [5.41, 5.74) is 3.24. The molecule has 2 aromatic rings. The predicted octanol–water partition coefficient (Wildman–Crippen LogP) is 5.72. The molecule has 1 aromatic heterocycles. The highest BCUT2D eigenvalue weighted by Gasteiger charge is 2.22. The van der Waals surface area contributed by atoms with Gasteiger partial charge in [-0.3, -0.25) is 4.79 Å². The summed E-state index contributed by atoms with van der Waals surface area (Å²) in [7, 11) is 0. The standard InChI is InChI=1S/C17H19ClN2O.C2H6/c1-11-7-5-6-8-12(11)13-9-15(18)19-10-14(13)20-16(21)17(2,3)4;1-2/h5-10H,1-4H3,(H,20,21);1-2H3. The number of carbonyl (C=O) groups is 1. The third-order valence-electron chi connectivity index (χ3n) is 3.24. The highest BCUT2D eigenvalue weighted by Crippen LogP contribution is 2.32. The lowest BCUT2D eigenvalue weighted by Gasteiger charge is -2.20. The minimum absolute atomic E-state index is 0.0542. The maximum atomic E-state index is 12.2. The van der Waals surface area contributed by atoms with Crippen LogP contribution in [0, 0.1) is 12.3 Å². The Morgan fingerprint density at radius 3 is 2.30 bits per heavy atom. The number of anilines is 1. The van der Waals surface area contributed by atoms with E-state index in [0.717, 1.165) is 16.7 Å². The van der Waals surface area contributed by atoms with Crippen LogP contribution >= 0.6 is 11.6 Å². The Bertz CT molecular complexity index is 675. The van der Waals surface area contributed by atoms with Gasteiger partial charge in [0.2, 0.25) is 5.91 Å². The Morgan fingerprint density at radius 2 is 1.74 bits per heavy atom. The fourth-order valence-electron chi connectivity index (χ4n) is 1.94. The molecular formula is C19H25ClN2O. The van der Waals surface area contributed by atoms with Crippen molar-refractivity contribution in [2.75, 3.05) is 5.32 Å². The summed E-state index contributed by atoms with van der Waals surface area (Å²) >= 11 is 6.02. The summed E-state index contributed by atoms with van der Waals surface area (Å²) in [6.07, 6.45) is 1.60. The van der Waals surface area contributed by atoms with E-state index in [9.17, 15) is 4.79 Å². The molecule has 0 aliphatic heterocycles. The second-order valence-electron chi connectivity index (χ2n) is 6.07. The first-order valence-electron chi connectivity index (χ1n) is 7.82. The van der Waals surface area contributed by atoms with Crippen LogP contribution in [0.3, 0.4) is 0 Å². The van der Waals surface area contributed by atoms with Crippen LogP contribution in [0.25, 0.3) is 11.1 Å². The lowest BCUT2D eigenvalue weighted by atomic mass is 9.95. The number of rotatable bonds is 2. The Morgan fingerprint density at radius 1 is 1.13 bits per heavy atom. The van der Waals surface area contributed by atoms with E-state index in [1.165, 1.54) is 0 Å². The molecule has 0 fully saturated rings. The number of carbonyl (C=O) groups excluding carboxylic acids is 1. The maximum absolute atomic E-state index is 12.2. The van der Waals surface area contributed by atoms with E-state index in [1.807, 2.05) is 65.8 Å². The fraction of sp³-hybridized carbons (Fsp3) is 0.368. The van der Waals surface area contributed by atoms with Gasteiger partial charge in [-0.1, -0.05) is 70.5 Å². The fourth-order valence-corrected chi connectivity index (χ4v) is 2.10. The van der Waals surface area contributed by atoms with Crippen molar-refractivity contribution in [2.24, 2.45) is 5.41 Å². The van der Waals surface area contributed by atoms with Gasteiger partial charge in [0.1, 0.15) is 5.15 Å². The normalized spacial score (nSPS) is 10.6. The molecule has 1 heterocycles. The number of pyridine rings is 1. The van der Waals surface area contributed by atoms with Gasteiger partial charge in [-0.25, -0.2) is 4.98 Å². The Kier molecular flexibility index (Phi) is 6.77. The van der Waals surface area contributed by atoms with Crippen molar-refractivity contribution >= 4 is 23.2 Å². The highest BCUT2D eigenvalue weighted by molar-refractivity contribution is 6.29. The number of hydrogen-bond acceptors (Lipinski definition) is 2. The SMILES string of the molecule is CC.Cc1ccccc1-c1cc(Cl)ncc1NC(=O)C(C)(C)C. The van der Waals surface area contributed by atoms with Gasteiger partial charge in [0.25, 0.3) is 0 Å². The molecule has 1 aromatic carbocycles. The average Bonchev–Trinajstić information content (AvgIpc) is 2.50. The zero-order chi connectivity index (χ0) is 17.6. The maximum Gasteiger partial charge on any atom is 0.229 e. The van der Waals surface area contributed by atoms with Crippen LogP contribution in [0.1, 0.15) is 40.2 Å². The summed E-state index contributed by atoms with van der Waals surface area (Å²) in [6, 6.07) is 9.76. The average molecular weight is 333 g/mol. The third kappa shape index (κ3) is 5.07. The van der Waals surface area contributed by atoms with Crippen LogP contribution < -0.4 is 5.32 Å². The van der Waals surface area contributed by atoms with E-state index in [1.54, 1.807) is 12.3 Å². The molecule has 4 heteroatoms. The molecule has 2 rings (SSSR count). The minimum Gasteiger partial charge on any atom is -0.324 e. The van der Waals surface area contributed by atoms with Crippen LogP contribution in [0.2, 0.25) is 5.15 Å². The third-order valence-corrected chi connectivity index (χ3v) is 3.44. The topological polar surface area (TPSA) is 42.0 Å². The largest absolute Gasteiger partial charge is 0.324 e. The van der Waals surface area contributed by atoms with Crippen LogP contribution in [-0.4, -0.2) is 10.9 Å². The van der Waals surface area contributed by atoms with Crippen molar-refractivity contribution < 1.29 is 4.79 Å². The molecule has 0 saturated heterocycles. The van der Waals surface area contributed by atoms with Crippen LogP contribution in [0.5, 0.6) is 0 Å². The number of amides is 1. The van der Waals surface area contributed by atoms with Gasteiger partial charge in [-0.05, 0) is 24.1 Å². The molecule has 0 bridgehead atoms. The summed E-state index contributed by atoms with van der Waals surface area (Å²) < 4.78 is 0. The van der Waals surface area contributed by atoms with Crippen molar-refractivity contribution in [3.63, 3.8) is 0 Å². The van der Waals surface area contributed by atoms with E-state index in [2.05, 4.69) is 10.3 Å². The predicted molar refractivity (Wildman–Crippen MR) is 98.9 cm³/mol. The summed E-state index contributed by atoms with van der Waals surface area (Å²) in [5, 5.41) is 3.35. The van der Waals surface area contributed by atoms with Gasteiger partial charge >= 0.3 is 0 Å². The van der Waals surface area contributed by atoms with Crippen LogP contribution in [0.4, 0.5) is 5.69 Å². The van der Waals surface area contributed by atoms with E-state index < -0.39 is 5.41 Å². The number of benzene rings is 1. The van der Waals surface area contributed by atoms with Gasteiger partial charge in [0.05, 0.1) is 11.9 Å². The monoisotopic (exact) mass is 332 g/mol. The number of nitrogens with zero attached hydrogens (tertiary/aromatic N) is 1. The van der Waals surface area contributed by atoms with Crippen molar-refractivity contribution in [1.82, 2.24) is 4.98 Å². The van der Waals surface area contributed by atoms with Crippen LogP contribution in [0.15, 0.2) is 36.5 Å². The lowest BCUT2D eigenvalue weighted by molar-refractivity contribution is -0.123. The molecule has 0 aliphatic rings. The first kappa shape index (κ1) is 19.2. The lowest BCUT2D eigenvalue weighted by Crippen LogP contribution is -2.27. The minimum atomic E-state index is -0.470. The van der Waals surface area contributed by atoms with Gasteiger partial charge < -0.3 is 5.32 Å². The molecule has 124 valence electrons. The van der Waals surface area contributed by atoms with Gasteiger partial charge in [-0.2, -0.15) is 0 Å². The van der Waals surface area contributed by atoms with Gasteiger partial charge in [-0.15, -0.1) is 0 Å². The van der Waals surface area contributed by atoms with Gasteiger partial charge in [0.15, 0.2) is 0 Å². The number of nitrogens with one attached hydrogen (secondary N) is 1. The molecule has 0 radical (unpaired) electrons. The summed E-state index contributed by atoms with van der Waals surface area (Å²) in [5.74, 6) is -0.0542. The number of halogens is 1. The van der Waals surface area contributed by atoms with Crippen molar-refractivity contribution in [3.05, 3.63) is 47.2 Å². The van der Waals surface area contributed by atoms with E-state index in [-0.39, 0.29) is 5.91 Å². The molecule has 0 saturated carbocycles. The Hall–Kier alpha value is -1.87. The summed E-state index contributed by atoms with van der Waals surface area (Å²) in [4.78, 5) is 16.3. The second kappa shape index (κ2) is 8.11. The molecular weight excluding hydrogens is 308 g/mol. The summed E-state index contributed by atoms with van der Waals surface area (Å²) in [6.45, 7) is 11.6. The molecule has 23 heavy (non-hydrogen) atoms. The van der Waals surface area contributed by atoms with E-state index in [4.69, 9.17) is 11.6 Å². The van der Waals surface area contributed by atoms with Gasteiger partial charge in [0, 0.05) is 11.0 Å². The zero-order valence-electron chi connectivity index (χ0n) is 14.7. The zero-order valence-corrected chi connectivity index (χ0v) is 15.5. The first-order valence-corrected chi connectivity index (χ1v) is 8.20. The quantitative estimate of drug-likeness (QED) is 0.714. The number of aromatic nitrogens is 1. The molecule has 0 unspecified atom stereocenters. The second-order valence-corrected chi connectivity index (χ2v) is 6.46. The van der Waals surface area contributed by atoms with E-state index >= 15 is 0 Å². The van der Waals surface area contributed by atoms with Crippen LogP contribution in [-0.2, 0) is 4.79 Å². The Labute approximate surface area is 144 Å². The smallest absolute Gasteiger partial charge is 0.229 e. The van der Waals surface area contributed by atoms with E-state index in [0.29, 0.717) is 10.8 Å². The molecule has 1 amide bonds. The number of hydrogen-bond donors (Lipinski definition) is 1. The van der Waals surface area contributed by atoms with Crippen molar-refractivity contribution in [1.29, 1.82) is 0 Å².